The van der Waals surface area contributed by atoms with Gasteiger partial charge in [0.2, 0.25) is 12.4 Å². The molecule has 2 fully saturated rings. The van der Waals surface area contributed by atoms with Crippen LogP contribution in [0.1, 0.15) is 56.6 Å². The molecule has 0 bridgehead atoms. The lowest BCUT2D eigenvalue weighted by atomic mass is 9.96. The van der Waals surface area contributed by atoms with Crippen LogP contribution in [0, 0.1) is 0 Å². The first-order valence-electron chi connectivity index (χ1n) is 9.17. The van der Waals surface area contributed by atoms with Gasteiger partial charge in [-0.2, -0.15) is 5.10 Å². The number of carbonyl (C=O) groups excluding carboxylic acids is 1. The molecule has 140 valence electrons. The molecular weight excluding hydrogens is 352 g/mol. The maximum Gasteiger partial charge on any atom is 0.223 e. The first-order chi connectivity index (χ1) is 12.7. The zero-order chi connectivity index (χ0) is 18.4. The van der Waals surface area contributed by atoms with Gasteiger partial charge in [0.1, 0.15) is 11.4 Å². The van der Waals surface area contributed by atoms with Gasteiger partial charge >= 0.3 is 0 Å². The molecule has 2 aliphatic carbocycles. The van der Waals surface area contributed by atoms with Gasteiger partial charge in [0.05, 0.1) is 11.2 Å². The van der Waals surface area contributed by atoms with Gasteiger partial charge in [0, 0.05) is 24.7 Å². The molecule has 4 rings (SSSR count). The molecule has 2 saturated carbocycles. The average molecular weight is 377 g/mol. The molecule has 0 aromatic carbocycles. The SMILES string of the molecule is CNC=O.Clc1cnc(NC2CCCCC2)nc1-c1cc(C2CC2)[nH]n1. The van der Waals surface area contributed by atoms with Crippen molar-refractivity contribution in [3.05, 3.63) is 23.0 Å². The maximum atomic E-state index is 9.06. The lowest BCUT2D eigenvalue weighted by molar-refractivity contribution is -0.109. The molecule has 0 aliphatic heterocycles. The first kappa shape index (κ1) is 18.6. The van der Waals surface area contributed by atoms with E-state index in [9.17, 15) is 0 Å². The Balaban J connectivity index is 0.000000447. The van der Waals surface area contributed by atoms with Crippen molar-refractivity contribution in [2.45, 2.75) is 56.9 Å². The molecule has 0 spiro atoms. The molecular formula is C18H25ClN6O. The van der Waals surface area contributed by atoms with E-state index in [2.05, 4.69) is 36.9 Å². The summed E-state index contributed by atoms with van der Waals surface area (Å²) in [7, 11) is 1.56. The van der Waals surface area contributed by atoms with Crippen LogP contribution in [0.5, 0.6) is 0 Å². The molecule has 2 heterocycles. The largest absolute Gasteiger partial charge is 0.362 e. The van der Waals surface area contributed by atoms with E-state index in [0.29, 0.717) is 35.0 Å². The van der Waals surface area contributed by atoms with E-state index < -0.39 is 0 Å². The summed E-state index contributed by atoms with van der Waals surface area (Å²) >= 11 is 6.27. The number of nitrogens with zero attached hydrogens (tertiary/aromatic N) is 3. The standard InChI is InChI=1S/C16H20ClN5.C2H5NO/c17-12-9-18-16(19-11-4-2-1-3-5-11)20-15(12)14-8-13(21-22-14)10-6-7-10;1-3-2-4/h8-11H,1-7H2,(H,21,22)(H,18,19,20);2H,1H3,(H,3,4). The second kappa shape index (κ2) is 8.98. The molecule has 7 nitrogen and oxygen atoms in total. The number of aromatic nitrogens is 4. The third-order valence-corrected chi connectivity index (χ3v) is 4.93. The number of halogens is 1. The highest BCUT2D eigenvalue weighted by Gasteiger charge is 2.26. The summed E-state index contributed by atoms with van der Waals surface area (Å²) in [5.74, 6) is 1.30. The quantitative estimate of drug-likeness (QED) is 0.694. The molecule has 0 atom stereocenters. The van der Waals surface area contributed by atoms with Gasteiger partial charge in [0.15, 0.2) is 0 Å². The topological polar surface area (TPSA) is 95.6 Å². The Hall–Kier alpha value is -2.15. The Morgan fingerprint density at radius 3 is 2.62 bits per heavy atom. The summed E-state index contributed by atoms with van der Waals surface area (Å²) in [6.45, 7) is 0. The summed E-state index contributed by atoms with van der Waals surface area (Å²) < 4.78 is 0. The number of rotatable bonds is 5. The van der Waals surface area contributed by atoms with Crippen LogP contribution in [0.3, 0.4) is 0 Å². The fraction of sp³-hybridized carbons (Fsp3) is 0.556. The minimum atomic E-state index is 0.476. The monoisotopic (exact) mass is 376 g/mol. The molecule has 0 unspecified atom stereocenters. The van der Waals surface area contributed by atoms with Crippen LogP contribution in [0.25, 0.3) is 11.4 Å². The molecule has 1 amide bonds. The van der Waals surface area contributed by atoms with E-state index >= 15 is 0 Å². The Morgan fingerprint density at radius 1 is 1.23 bits per heavy atom. The molecule has 26 heavy (non-hydrogen) atoms. The molecule has 0 saturated heterocycles. The zero-order valence-corrected chi connectivity index (χ0v) is 15.7. The molecule has 2 aliphatic rings. The van der Waals surface area contributed by atoms with Crippen molar-refractivity contribution in [3.63, 3.8) is 0 Å². The molecule has 2 aromatic heterocycles. The maximum absolute atomic E-state index is 9.06. The molecule has 0 radical (unpaired) electrons. The predicted molar refractivity (Wildman–Crippen MR) is 102 cm³/mol. The van der Waals surface area contributed by atoms with E-state index in [1.807, 2.05) is 0 Å². The van der Waals surface area contributed by atoms with Gasteiger partial charge in [-0.3, -0.25) is 9.89 Å². The van der Waals surface area contributed by atoms with Crippen molar-refractivity contribution < 1.29 is 4.79 Å². The summed E-state index contributed by atoms with van der Waals surface area (Å²) in [5.41, 5.74) is 2.70. The van der Waals surface area contributed by atoms with Crippen LogP contribution in [-0.2, 0) is 4.79 Å². The number of hydrogen-bond acceptors (Lipinski definition) is 5. The molecule has 2 aromatic rings. The van der Waals surface area contributed by atoms with Crippen molar-refractivity contribution >= 4 is 24.0 Å². The van der Waals surface area contributed by atoms with E-state index in [4.69, 9.17) is 16.4 Å². The smallest absolute Gasteiger partial charge is 0.223 e. The number of anilines is 1. The van der Waals surface area contributed by atoms with Gasteiger partial charge < -0.3 is 10.6 Å². The summed E-state index contributed by atoms with van der Waals surface area (Å²) in [5, 5.41) is 13.7. The van der Waals surface area contributed by atoms with Crippen molar-refractivity contribution in [3.8, 4) is 11.4 Å². The van der Waals surface area contributed by atoms with Crippen LogP contribution >= 0.6 is 11.6 Å². The fourth-order valence-corrected chi connectivity index (χ4v) is 3.30. The van der Waals surface area contributed by atoms with Crippen molar-refractivity contribution in [1.29, 1.82) is 0 Å². The second-order valence-corrected chi connectivity index (χ2v) is 7.17. The van der Waals surface area contributed by atoms with Crippen LogP contribution < -0.4 is 10.6 Å². The first-order valence-corrected chi connectivity index (χ1v) is 9.54. The van der Waals surface area contributed by atoms with Gasteiger partial charge in [0.25, 0.3) is 0 Å². The normalized spacial score (nSPS) is 17.2. The lowest BCUT2D eigenvalue weighted by Gasteiger charge is -2.22. The number of aromatic amines is 1. The predicted octanol–water partition coefficient (Wildman–Crippen LogP) is 3.50. The van der Waals surface area contributed by atoms with Crippen LogP contribution in [0.4, 0.5) is 5.95 Å². The highest BCUT2D eigenvalue weighted by atomic mass is 35.5. The van der Waals surface area contributed by atoms with E-state index in [1.165, 1.54) is 50.6 Å². The Bertz CT molecular complexity index is 724. The van der Waals surface area contributed by atoms with Gasteiger partial charge in [-0.1, -0.05) is 30.9 Å². The van der Waals surface area contributed by atoms with Crippen LogP contribution in [0.2, 0.25) is 5.02 Å². The van der Waals surface area contributed by atoms with Crippen LogP contribution in [-0.4, -0.2) is 39.7 Å². The summed E-state index contributed by atoms with van der Waals surface area (Å²) in [6, 6.07) is 2.54. The second-order valence-electron chi connectivity index (χ2n) is 6.76. The number of amides is 1. The minimum Gasteiger partial charge on any atom is -0.362 e. The fourth-order valence-electron chi connectivity index (χ4n) is 3.11. The third kappa shape index (κ3) is 4.94. The summed E-state index contributed by atoms with van der Waals surface area (Å²) in [6.07, 6.45) is 11.1. The Labute approximate surface area is 158 Å². The van der Waals surface area contributed by atoms with Crippen molar-refractivity contribution in [2.75, 3.05) is 12.4 Å². The van der Waals surface area contributed by atoms with E-state index in [-0.39, 0.29) is 0 Å². The summed E-state index contributed by atoms with van der Waals surface area (Å²) in [4.78, 5) is 18.0. The van der Waals surface area contributed by atoms with Crippen LogP contribution in [0.15, 0.2) is 12.3 Å². The number of carbonyl (C=O) groups is 1. The number of hydrogen-bond donors (Lipinski definition) is 3. The Kier molecular flexibility index (Phi) is 6.44. The molecule has 3 N–H and O–H groups in total. The molecule has 8 heteroatoms. The van der Waals surface area contributed by atoms with E-state index in [1.54, 1.807) is 13.2 Å². The van der Waals surface area contributed by atoms with Gasteiger partial charge in [-0.15, -0.1) is 0 Å². The van der Waals surface area contributed by atoms with Gasteiger partial charge in [-0.25, -0.2) is 9.97 Å². The average Bonchev–Trinajstić information content (AvgIpc) is 3.42. The van der Waals surface area contributed by atoms with Crippen molar-refractivity contribution in [1.82, 2.24) is 25.5 Å². The Morgan fingerprint density at radius 2 is 1.96 bits per heavy atom. The number of H-pyrrole nitrogens is 1. The third-order valence-electron chi connectivity index (χ3n) is 4.66. The van der Waals surface area contributed by atoms with Crippen molar-refractivity contribution in [2.24, 2.45) is 0 Å². The lowest BCUT2D eigenvalue weighted by Crippen LogP contribution is -2.23. The number of nitrogens with one attached hydrogen (secondary N) is 3. The highest BCUT2D eigenvalue weighted by molar-refractivity contribution is 6.32. The van der Waals surface area contributed by atoms with E-state index in [0.717, 1.165) is 5.69 Å². The van der Waals surface area contributed by atoms with Gasteiger partial charge in [-0.05, 0) is 31.7 Å². The zero-order valence-electron chi connectivity index (χ0n) is 15.0. The highest BCUT2D eigenvalue weighted by Crippen LogP contribution is 2.40. The minimum absolute atomic E-state index is 0.476.